The zero-order valence-electron chi connectivity index (χ0n) is 11.6. The standard InChI is InChI=1S/C16H17BrN2O/c1-19(2)11-12-7-9-13(10-8-12)18-16(20)14-5-3-4-6-15(14)17/h3-10H,11H2,1-2H3,(H,18,20). The normalized spacial score (nSPS) is 10.6. The molecule has 2 aromatic rings. The summed E-state index contributed by atoms with van der Waals surface area (Å²) in [5, 5.41) is 2.90. The predicted octanol–water partition coefficient (Wildman–Crippen LogP) is 3.76. The maximum atomic E-state index is 12.1. The Morgan fingerprint density at radius 2 is 1.75 bits per heavy atom. The van der Waals surface area contributed by atoms with Gasteiger partial charge in [0, 0.05) is 16.7 Å². The fraction of sp³-hybridized carbons (Fsp3) is 0.188. The van der Waals surface area contributed by atoms with Gasteiger partial charge in [0.15, 0.2) is 0 Å². The summed E-state index contributed by atoms with van der Waals surface area (Å²) in [6.45, 7) is 0.887. The van der Waals surface area contributed by atoms with Crippen molar-refractivity contribution in [1.82, 2.24) is 4.90 Å². The number of benzene rings is 2. The van der Waals surface area contributed by atoms with Gasteiger partial charge in [-0.15, -0.1) is 0 Å². The third kappa shape index (κ3) is 3.92. The van der Waals surface area contributed by atoms with E-state index >= 15 is 0 Å². The van der Waals surface area contributed by atoms with Crippen LogP contribution < -0.4 is 5.32 Å². The van der Waals surface area contributed by atoms with Crippen molar-refractivity contribution in [3.05, 3.63) is 64.1 Å². The summed E-state index contributed by atoms with van der Waals surface area (Å²) < 4.78 is 0.793. The number of halogens is 1. The van der Waals surface area contributed by atoms with E-state index < -0.39 is 0 Å². The summed E-state index contributed by atoms with van der Waals surface area (Å²) in [4.78, 5) is 14.3. The van der Waals surface area contributed by atoms with Gasteiger partial charge >= 0.3 is 0 Å². The molecule has 0 saturated carbocycles. The van der Waals surface area contributed by atoms with Crippen molar-refractivity contribution in [2.45, 2.75) is 6.54 Å². The molecule has 0 atom stereocenters. The highest BCUT2D eigenvalue weighted by atomic mass is 79.9. The van der Waals surface area contributed by atoms with E-state index in [0.29, 0.717) is 5.56 Å². The lowest BCUT2D eigenvalue weighted by molar-refractivity contribution is 0.102. The molecule has 0 heterocycles. The Bertz CT molecular complexity index is 594. The lowest BCUT2D eigenvalue weighted by Gasteiger charge is -2.11. The van der Waals surface area contributed by atoms with Crippen molar-refractivity contribution in [1.29, 1.82) is 0 Å². The molecule has 0 aliphatic carbocycles. The van der Waals surface area contributed by atoms with Crippen LogP contribution in [-0.2, 0) is 6.54 Å². The third-order valence-corrected chi connectivity index (χ3v) is 3.52. The molecule has 3 nitrogen and oxygen atoms in total. The second-order valence-corrected chi connectivity index (χ2v) is 5.72. The van der Waals surface area contributed by atoms with Crippen molar-refractivity contribution in [3.8, 4) is 0 Å². The zero-order chi connectivity index (χ0) is 14.5. The van der Waals surface area contributed by atoms with Crippen LogP contribution in [0.5, 0.6) is 0 Å². The summed E-state index contributed by atoms with van der Waals surface area (Å²) in [7, 11) is 4.06. The quantitative estimate of drug-likeness (QED) is 0.924. The van der Waals surface area contributed by atoms with E-state index in [1.54, 1.807) is 6.07 Å². The van der Waals surface area contributed by atoms with E-state index in [9.17, 15) is 4.79 Å². The Hall–Kier alpha value is -1.65. The van der Waals surface area contributed by atoms with Crippen molar-refractivity contribution in [2.75, 3.05) is 19.4 Å². The lowest BCUT2D eigenvalue weighted by atomic mass is 10.1. The van der Waals surface area contributed by atoms with Gasteiger partial charge in [-0.25, -0.2) is 0 Å². The molecule has 0 spiro atoms. The summed E-state index contributed by atoms with van der Waals surface area (Å²) in [5.41, 5.74) is 2.65. The van der Waals surface area contributed by atoms with Gasteiger partial charge in [-0.2, -0.15) is 0 Å². The van der Waals surface area contributed by atoms with Crippen LogP contribution in [0.15, 0.2) is 53.0 Å². The highest BCUT2D eigenvalue weighted by Gasteiger charge is 2.09. The first-order valence-corrected chi connectivity index (χ1v) is 7.15. The molecular formula is C16H17BrN2O. The molecule has 0 saturated heterocycles. The minimum Gasteiger partial charge on any atom is -0.322 e. The minimum absolute atomic E-state index is 0.113. The highest BCUT2D eigenvalue weighted by molar-refractivity contribution is 9.10. The van der Waals surface area contributed by atoms with E-state index in [0.717, 1.165) is 16.7 Å². The maximum Gasteiger partial charge on any atom is 0.256 e. The summed E-state index contributed by atoms with van der Waals surface area (Å²) in [6.07, 6.45) is 0. The number of nitrogens with zero attached hydrogens (tertiary/aromatic N) is 1. The van der Waals surface area contributed by atoms with Crippen LogP contribution in [0.25, 0.3) is 0 Å². The summed E-state index contributed by atoms with van der Waals surface area (Å²) in [6, 6.07) is 15.3. The molecule has 0 bridgehead atoms. The molecule has 0 fully saturated rings. The Labute approximate surface area is 127 Å². The molecule has 0 radical (unpaired) electrons. The molecule has 2 aromatic carbocycles. The molecular weight excluding hydrogens is 316 g/mol. The van der Waals surface area contributed by atoms with E-state index in [2.05, 4.69) is 26.1 Å². The Morgan fingerprint density at radius 1 is 1.10 bits per heavy atom. The fourth-order valence-electron chi connectivity index (χ4n) is 1.90. The summed E-state index contributed by atoms with van der Waals surface area (Å²) >= 11 is 3.38. The largest absolute Gasteiger partial charge is 0.322 e. The van der Waals surface area contributed by atoms with Crippen LogP contribution in [0, 0.1) is 0 Å². The van der Waals surface area contributed by atoms with Crippen LogP contribution in [0.3, 0.4) is 0 Å². The summed E-state index contributed by atoms with van der Waals surface area (Å²) in [5.74, 6) is -0.113. The molecule has 0 unspecified atom stereocenters. The SMILES string of the molecule is CN(C)Cc1ccc(NC(=O)c2ccccc2Br)cc1. The van der Waals surface area contributed by atoms with Gasteiger partial charge < -0.3 is 10.2 Å². The van der Waals surface area contributed by atoms with Crippen molar-refractivity contribution in [2.24, 2.45) is 0 Å². The second kappa shape index (κ2) is 6.68. The number of carbonyl (C=O) groups is 1. The van der Waals surface area contributed by atoms with Gasteiger partial charge in [0.2, 0.25) is 0 Å². The lowest BCUT2D eigenvalue weighted by Crippen LogP contribution is -2.13. The Balaban J connectivity index is 2.07. The van der Waals surface area contributed by atoms with Crippen molar-refractivity contribution in [3.63, 3.8) is 0 Å². The van der Waals surface area contributed by atoms with Gasteiger partial charge in [0.1, 0.15) is 0 Å². The molecule has 20 heavy (non-hydrogen) atoms. The zero-order valence-corrected chi connectivity index (χ0v) is 13.1. The minimum atomic E-state index is -0.113. The number of anilines is 1. The first-order valence-electron chi connectivity index (χ1n) is 6.36. The predicted molar refractivity (Wildman–Crippen MR) is 85.9 cm³/mol. The maximum absolute atomic E-state index is 12.1. The van der Waals surface area contributed by atoms with Gasteiger partial charge in [-0.05, 0) is 59.9 Å². The first-order chi connectivity index (χ1) is 9.56. The van der Waals surface area contributed by atoms with Gasteiger partial charge in [-0.1, -0.05) is 24.3 Å². The van der Waals surface area contributed by atoms with Gasteiger partial charge in [-0.3, -0.25) is 4.79 Å². The average molecular weight is 333 g/mol. The molecule has 0 aliphatic heterocycles. The van der Waals surface area contributed by atoms with Crippen molar-refractivity contribution < 1.29 is 4.79 Å². The van der Waals surface area contributed by atoms with E-state index in [-0.39, 0.29) is 5.91 Å². The number of amides is 1. The van der Waals surface area contributed by atoms with Crippen LogP contribution in [0.2, 0.25) is 0 Å². The number of nitrogens with one attached hydrogen (secondary N) is 1. The molecule has 1 N–H and O–H groups in total. The van der Waals surface area contributed by atoms with Crippen LogP contribution in [-0.4, -0.2) is 24.9 Å². The monoisotopic (exact) mass is 332 g/mol. The Kier molecular flexibility index (Phi) is 4.93. The molecule has 0 aliphatic rings. The molecule has 0 aromatic heterocycles. The highest BCUT2D eigenvalue weighted by Crippen LogP contribution is 2.18. The van der Waals surface area contributed by atoms with Gasteiger partial charge in [0.05, 0.1) is 5.56 Å². The smallest absolute Gasteiger partial charge is 0.256 e. The third-order valence-electron chi connectivity index (χ3n) is 2.83. The first kappa shape index (κ1) is 14.8. The van der Waals surface area contributed by atoms with Crippen molar-refractivity contribution >= 4 is 27.5 Å². The van der Waals surface area contributed by atoms with Crippen LogP contribution in [0.1, 0.15) is 15.9 Å². The van der Waals surface area contributed by atoms with E-state index in [1.165, 1.54) is 5.56 Å². The van der Waals surface area contributed by atoms with Gasteiger partial charge in [0.25, 0.3) is 5.91 Å². The number of rotatable bonds is 4. The molecule has 104 valence electrons. The Morgan fingerprint density at radius 3 is 2.35 bits per heavy atom. The van der Waals surface area contributed by atoms with E-state index in [1.807, 2.05) is 56.6 Å². The fourth-order valence-corrected chi connectivity index (χ4v) is 2.37. The van der Waals surface area contributed by atoms with Crippen LogP contribution >= 0.6 is 15.9 Å². The second-order valence-electron chi connectivity index (χ2n) is 4.87. The number of hydrogen-bond donors (Lipinski definition) is 1. The number of carbonyl (C=O) groups excluding carboxylic acids is 1. The molecule has 4 heteroatoms. The number of hydrogen-bond acceptors (Lipinski definition) is 2. The topological polar surface area (TPSA) is 32.3 Å². The van der Waals surface area contributed by atoms with Crippen LogP contribution in [0.4, 0.5) is 5.69 Å². The molecule has 2 rings (SSSR count). The average Bonchev–Trinajstić information content (AvgIpc) is 2.41. The molecule has 1 amide bonds. The van der Waals surface area contributed by atoms with E-state index in [4.69, 9.17) is 0 Å².